The lowest BCUT2D eigenvalue weighted by molar-refractivity contribution is 0.172. The molecule has 5 nitrogen and oxygen atoms in total. The van der Waals surface area contributed by atoms with Gasteiger partial charge in [0.2, 0.25) is 0 Å². The number of aromatic nitrogens is 3. The predicted molar refractivity (Wildman–Crippen MR) is 85.7 cm³/mol. The third kappa shape index (κ3) is 2.17. The number of nitrogens with zero attached hydrogens (tertiary/aromatic N) is 4. The third-order valence-corrected chi connectivity index (χ3v) is 4.56. The van der Waals surface area contributed by atoms with Crippen molar-refractivity contribution in [2.24, 2.45) is 13.0 Å². The minimum absolute atomic E-state index is 0.208. The van der Waals surface area contributed by atoms with Crippen LogP contribution >= 0.6 is 0 Å². The average Bonchev–Trinajstić information content (AvgIpc) is 2.88. The molecule has 0 unspecified atom stereocenters. The third-order valence-electron chi connectivity index (χ3n) is 4.56. The zero-order valence-electron chi connectivity index (χ0n) is 12.7. The molecule has 0 saturated heterocycles. The second kappa shape index (κ2) is 5.30. The molecule has 1 aromatic carbocycles. The summed E-state index contributed by atoms with van der Waals surface area (Å²) in [7, 11) is 1.95. The Morgan fingerprint density at radius 2 is 2.27 bits per heavy atom. The van der Waals surface area contributed by atoms with Crippen molar-refractivity contribution in [3.05, 3.63) is 48.1 Å². The summed E-state index contributed by atoms with van der Waals surface area (Å²) >= 11 is 0. The SMILES string of the molecule is C=Cc1cc(N)cc(C2(c3nncn3C)CC(CC#N)C2)c1. The number of benzene rings is 1. The summed E-state index contributed by atoms with van der Waals surface area (Å²) in [6.07, 6.45) is 5.89. The summed E-state index contributed by atoms with van der Waals surface area (Å²) in [4.78, 5) is 0. The van der Waals surface area contributed by atoms with Gasteiger partial charge in [-0.25, -0.2) is 0 Å². The molecule has 0 aliphatic heterocycles. The van der Waals surface area contributed by atoms with Crippen LogP contribution in [0, 0.1) is 17.2 Å². The van der Waals surface area contributed by atoms with Crippen molar-refractivity contribution in [3.8, 4) is 6.07 Å². The first-order valence-corrected chi connectivity index (χ1v) is 7.34. The summed E-state index contributed by atoms with van der Waals surface area (Å²) < 4.78 is 1.96. The van der Waals surface area contributed by atoms with Crippen molar-refractivity contribution in [2.45, 2.75) is 24.7 Å². The molecule has 112 valence electrons. The van der Waals surface area contributed by atoms with Crippen LogP contribution in [0.5, 0.6) is 0 Å². The van der Waals surface area contributed by atoms with Gasteiger partial charge >= 0.3 is 0 Å². The number of aryl methyl sites for hydroxylation is 1. The number of anilines is 1. The molecule has 0 spiro atoms. The van der Waals surface area contributed by atoms with E-state index in [1.165, 1.54) is 0 Å². The fraction of sp³-hybridized carbons (Fsp3) is 0.353. The summed E-state index contributed by atoms with van der Waals surface area (Å²) in [6, 6.07) is 8.29. The molecule has 2 aromatic rings. The topological polar surface area (TPSA) is 80.5 Å². The second-order valence-corrected chi connectivity index (χ2v) is 6.08. The Morgan fingerprint density at radius 3 is 2.86 bits per heavy atom. The molecule has 3 rings (SSSR count). The number of nitriles is 1. The molecule has 0 bridgehead atoms. The van der Waals surface area contributed by atoms with E-state index in [1.54, 1.807) is 12.4 Å². The number of hydrogen-bond donors (Lipinski definition) is 1. The van der Waals surface area contributed by atoms with Crippen LogP contribution < -0.4 is 5.73 Å². The van der Waals surface area contributed by atoms with Gasteiger partial charge in [-0.2, -0.15) is 5.26 Å². The highest BCUT2D eigenvalue weighted by molar-refractivity contribution is 5.59. The molecule has 0 radical (unpaired) electrons. The first-order valence-electron chi connectivity index (χ1n) is 7.34. The lowest BCUT2D eigenvalue weighted by Gasteiger charge is -2.46. The Balaban J connectivity index is 2.08. The molecular formula is C17H19N5. The number of nitrogens with two attached hydrogens (primary N) is 1. The first kappa shape index (κ1) is 14.3. The van der Waals surface area contributed by atoms with Gasteiger partial charge in [-0.05, 0) is 42.0 Å². The lowest BCUT2D eigenvalue weighted by Crippen LogP contribution is -2.44. The van der Waals surface area contributed by atoms with Crippen molar-refractivity contribution in [1.82, 2.24) is 14.8 Å². The molecule has 5 heteroatoms. The van der Waals surface area contributed by atoms with Crippen molar-refractivity contribution in [3.63, 3.8) is 0 Å². The van der Waals surface area contributed by atoms with E-state index < -0.39 is 0 Å². The van der Waals surface area contributed by atoms with Gasteiger partial charge in [0.05, 0.1) is 11.5 Å². The fourth-order valence-electron chi connectivity index (χ4n) is 3.53. The number of hydrogen-bond acceptors (Lipinski definition) is 4. The average molecular weight is 293 g/mol. The maximum Gasteiger partial charge on any atom is 0.143 e. The van der Waals surface area contributed by atoms with Gasteiger partial charge in [-0.1, -0.05) is 18.7 Å². The van der Waals surface area contributed by atoms with Crippen LogP contribution in [0.1, 0.15) is 36.2 Å². The van der Waals surface area contributed by atoms with Gasteiger partial charge in [-0.3, -0.25) is 0 Å². The fourth-order valence-corrected chi connectivity index (χ4v) is 3.53. The highest BCUT2D eigenvalue weighted by Crippen LogP contribution is 2.53. The van der Waals surface area contributed by atoms with E-state index in [4.69, 9.17) is 11.0 Å². The number of nitrogen functional groups attached to an aromatic ring is 1. The van der Waals surface area contributed by atoms with Crippen molar-refractivity contribution in [1.29, 1.82) is 5.26 Å². The quantitative estimate of drug-likeness (QED) is 0.879. The van der Waals surface area contributed by atoms with E-state index in [0.717, 1.165) is 35.5 Å². The Morgan fingerprint density at radius 1 is 1.50 bits per heavy atom. The standard InChI is InChI=1S/C17H19N5/c1-3-12-6-14(8-15(19)7-12)17(9-13(10-17)4-5-18)16-21-20-11-22(16)2/h3,6-8,11,13H,1,4,9-10,19H2,2H3. The van der Waals surface area contributed by atoms with Crippen molar-refractivity contribution >= 4 is 11.8 Å². The number of rotatable bonds is 4. The summed E-state index contributed by atoms with van der Waals surface area (Å²) in [5, 5.41) is 17.3. The molecule has 1 aliphatic carbocycles. The minimum atomic E-state index is -0.208. The summed E-state index contributed by atoms with van der Waals surface area (Å²) in [5.41, 5.74) is 8.70. The summed E-state index contributed by atoms with van der Waals surface area (Å²) in [5.74, 6) is 1.33. The Hall–Kier alpha value is -2.61. The van der Waals surface area contributed by atoms with E-state index in [-0.39, 0.29) is 5.41 Å². The molecule has 0 amide bonds. The molecule has 1 saturated carbocycles. The zero-order chi connectivity index (χ0) is 15.7. The van der Waals surface area contributed by atoms with E-state index in [1.807, 2.05) is 23.7 Å². The molecule has 1 heterocycles. The molecule has 1 aliphatic rings. The highest BCUT2D eigenvalue weighted by Gasteiger charge is 2.49. The molecule has 0 atom stereocenters. The van der Waals surface area contributed by atoms with Crippen LogP contribution in [0.2, 0.25) is 0 Å². The van der Waals surface area contributed by atoms with Gasteiger partial charge in [0.1, 0.15) is 12.2 Å². The van der Waals surface area contributed by atoms with Crippen LogP contribution in [0.25, 0.3) is 6.08 Å². The largest absolute Gasteiger partial charge is 0.399 e. The minimum Gasteiger partial charge on any atom is -0.399 e. The predicted octanol–water partition coefficient (Wildman–Crippen LogP) is 2.65. The maximum atomic E-state index is 8.94. The zero-order valence-corrected chi connectivity index (χ0v) is 12.7. The van der Waals surface area contributed by atoms with Gasteiger partial charge in [0, 0.05) is 19.2 Å². The van der Waals surface area contributed by atoms with Crippen LogP contribution in [-0.2, 0) is 12.5 Å². The normalized spacial score (nSPS) is 23.5. The Labute approximate surface area is 130 Å². The highest BCUT2D eigenvalue weighted by atomic mass is 15.3. The van der Waals surface area contributed by atoms with Gasteiger partial charge in [0.25, 0.3) is 0 Å². The monoisotopic (exact) mass is 293 g/mol. The molecular weight excluding hydrogens is 274 g/mol. The molecule has 2 N–H and O–H groups in total. The Bertz CT molecular complexity index is 747. The van der Waals surface area contributed by atoms with E-state index in [9.17, 15) is 0 Å². The second-order valence-electron chi connectivity index (χ2n) is 6.08. The van der Waals surface area contributed by atoms with Crippen molar-refractivity contribution < 1.29 is 0 Å². The van der Waals surface area contributed by atoms with E-state index >= 15 is 0 Å². The van der Waals surface area contributed by atoms with Crippen LogP contribution in [0.4, 0.5) is 5.69 Å². The van der Waals surface area contributed by atoms with Crippen LogP contribution in [0.15, 0.2) is 31.1 Å². The smallest absolute Gasteiger partial charge is 0.143 e. The molecule has 1 fully saturated rings. The lowest BCUT2D eigenvalue weighted by atomic mass is 9.57. The van der Waals surface area contributed by atoms with Crippen LogP contribution in [-0.4, -0.2) is 14.8 Å². The molecule has 1 aromatic heterocycles. The summed E-state index contributed by atoms with van der Waals surface area (Å²) in [6.45, 7) is 3.83. The van der Waals surface area contributed by atoms with Crippen LogP contribution in [0.3, 0.4) is 0 Å². The van der Waals surface area contributed by atoms with Gasteiger partial charge in [-0.15, -0.1) is 10.2 Å². The van der Waals surface area contributed by atoms with E-state index in [0.29, 0.717) is 12.3 Å². The Kier molecular flexibility index (Phi) is 3.45. The van der Waals surface area contributed by atoms with Gasteiger partial charge < -0.3 is 10.3 Å². The molecule has 22 heavy (non-hydrogen) atoms. The maximum absolute atomic E-state index is 8.94. The van der Waals surface area contributed by atoms with E-state index in [2.05, 4.69) is 28.9 Å². The van der Waals surface area contributed by atoms with Crippen molar-refractivity contribution in [2.75, 3.05) is 5.73 Å². The first-order chi connectivity index (χ1) is 10.6. The van der Waals surface area contributed by atoms with Gasteiger partial charge in [0.15, 0.2) is 0 Å².